The van der Waals surface area contributed by atoms with E-state index in [2.05, 4.69) is 56.8 Å². The zero-order chi connectivity index (χ0) is 11.9. The molecular weight excluding hydrogens is 196 g/mol. The first kappa shape index (κ1) is 11.2. The van der Waals surface area contributed by atoms with Crippen LogP contribution < -0.4 is 0 Å². The summed E-state index contributed by atoms with van der Waals surface area (Å²) in [6.45, 7) is 11.1. The first-order valence-corrected chi connectivity index (χ1v) is 5.87. The first-order chi connectivity index (χ1) is 7.39. The van der Waals surface area contributed by atoms with Gasteiger partial charge in [0.2, 0.25) is 0 Å². The predicted molar refractivity (Wildman–Crippen MR) is 68.9 cm³/mol. The molecule has 86 valence electrons. The van der Waals surface area contributed by atoms with E-state index in [4.69, 9.17) is 0 Å². The van der Waals surface area contributed by atoms with E-state index in [1.807, 2.05) is 6.20 Å². The lowest BCUT2D eigenvalue weighted by atomic mass is 9.87. The minimum Gasteiger partial charge on any atom is -0.346 e. The second-order valence-electron chi connectivity index (χ2n) is 5.77. The van der Waals surface area contributed by atoms with E-state index in [9.17, 15) is 0 Å². The standard InChI is InChI=1S/C14H20N2/c1-9(2)12-8-16-13-11(12)6-10(7-15-13)14(3,4)5/h6-9H,1-5H3,(H,15,16). The number of nitrogens with zero attached hydrogens (tertiary/aromatic N) is 1. The number of rotatable bonds is 1. The van der Waals surface area contributed by atoms with Gasteiger partial charge in [-0.15, -0.1) is 0 Å². The van der Waals surface area contributed by atoms with Crippen LogP contribution in [0, 0.1) is 0 Å². The van der Waals surface area contributed by atoms with Crippen LogP contribution in [0.4, 0.5) is 0 Å². The molecule has 0 fully saturated rings. The zero-order valence-electron chi connectivity index (χ0n) is 10.8. The number of H-pyrrole nitrogens is 1. The van der Waals surface area contributed by atoms with Gasteiger partial charge in [0, 0.05) is 17.8 Å². The van der Waals surface area contributed by atoms with Crippen molar-refractivity contribution in [1.82, 2.24) is 9.97 Å². The Balaban J connectivity index is 2.63. The van der Waals surface area contributed by atoms with E-state index in [1.165, 1.54) is 16.5 Å². The van der Waals surface area contributed by atoms with Gasteiger partial charge >= 0.3 is 0 Å². The van der Waals surface area contributed by atoms with Crippen LogP contribution in [0.5, 0.6) is 0 Å². The lowest BCUT2D eigenvalue weighted by Crippen LogP contribution is -2.11. The number of aromatic amines is 1. The lowest BCUT2D eigenvalue weighted by Gasteiger charge is -2.18. The molecule has 0 aliphatic rings. The maximum Gasteiger partial charge on any atom is 0.137 e. The van der Waals surface area contributed by atoms with Gasteiger partial charge in [0.05, 0.1) is 0 Å². The minimum absolute atomic E-state index is 0.159. The van der Waals surface area contributed by atoms with Crippen molar-refractivity contribution in [3.05, 3.63) is 29.6 Å². The summed E-state index contributed by atoms with van der Waals surface area (Å²) in [4.78, 5) is 7.73. The van der Waals surface area contributed by atoms with Gasteiger partial charge in [0.25, 0.3) is 0 Å². The Hall–Kier alpha value is -1.31. The summed E-state index contributed by atoms with van der Waals surface area (Å²) in [6, 6.07) is 2.27. The second-order valence-corrected chi connectivity index (χ2v) is 5.77. The van der Waals surface area contributed by atoms with Crippen LogP contribution in [0.25, 0.3) is 11.0 Å². The third-order valence-electron chi connectivity index (χ3n) is 3.05. The number of pyridine rings is 1. The summed E-state index contributed by atoms with van der Waals surface area (Å²) in [5, 5.41) is 1.27. The van der Waals surface area contributed by atoms with Gasteiger partial charge in [-0.05, 0) is 28.5 Å². The molecule has 0 aliphatic heterocycles. The fourth-order valence-corrected chi connectivity index (χ4v) is 1.91. The van der Waals surface area contributed by atoms with E-state index >= 15 is 0 Å². The largest absolute Gasteiger partial charge is 0.346 e. The summed E-state index contributed by atoms with van der Waals surface area (Å²) in [5.74, 6) is 0.533. The van der Waals surface area contributed by atoms with Gasteiger partial charge in [-0.25, -0.2) is 4.98 Å². The maximum absolute atomic E-state index is 4.50. The van der Waals surface area contributed by atoms with Crippen LogP contribution >= 0.6 is 0 Å². The number of hydrogen-bond acceptors (Lipinski definition) is 1. The summed E-state index contributed by atoms with van der Waals surface area (Å²) in [5.41, 5.74) is 3.80. The quantitative estimate of drug-likeness (QED) is 0.767. The number of aromatic nitrogens is 2. The van der Waals surface area contributed by atoms with E-state index in [1.54, 1.807) is 0 Å². The van der Waals surface area contributed by atoms with Crippen molar-refractivity contribution in [2.24, 2.45) is 0 Å². The number of nitrogens with one attached hydrogen (secondary N) is 1. The van der Waals surface area contributed by atoms with Crippen LogP contribution in [-0.2, 0) is 5.41 Å². The summed E-state index contributed by atoms with van der Waals surface area (Å²) < 4.78 is 0. The monoisotopic (exact) mass is 216 g/mol. The molecule has 0 radical (unpaired) electrons. The average molecular weight is 216 g/mol. The highest BCUT2D eigenvalue weighted by Gasteiger charge is 2.16. The molecular formula is C14H20N2. The third kappa shape index (κ3) is 1.84. The summed E-state index contributed by atoms with van der Waals surface area (Å²) in [6.07, 6.45) is 4.05. The van der Waals surface area contributed by atoms with Crippen molar-refractivity contribution in [3.8, 4) is 0 Å². The van der Waals surface area contributed by atoms with E-state index in [0.29, 0.717) is 5.92 Å². The topological polar surface area (TPSA) is 28.7 Å². The van der Waals surface area contributed by atoms with E-state index < -0.39 is 0 Å². The molecule has 2 rings (SSSR count). The Bertz CT molecular complexity index is 501. The van der Waals surface area contributed by atoms with E-state index in [-0.39, 0.29) is 5.41 Å². The highest BCUT2D eigenvalue weighted by molar-refractivity contribution is 5.81. The minimum atomic E-state index is 0.159. The predicted octanol–water partition coefficient (Wildman–Crippen LogP) is 3.98. The van der Waals surface area contributed by atoms with Crippen molar-refractivity contribution in [3.63, 3.8) is 0 Å². The lowest BCUT2D eigenvalue weighted by molar-refractivity contribution is 0.588. The molecule has 0 unspecified atom stereocenters. The van der Waals surface area contributed by atoms with Gasteiger partial charge < -0.3 is 4.98 Å². The Kier molecular flexibility index (Phi) is 2.53. The highest BCUT2D eigenvalue weighted by Crippen LogP contribution is 2.28. The Morgan fingerprint density at radius 2 is 1.94 bits per heavy atom. The molecule has 0 atom stereocenters. The molecule has 2 heterocycles. The normalized spacial score (nSPS) is 12.6. The van der Waals surface area contributed by atoms with Crippen LogP contribution in [0.3, 0.4) is 0 Å². The van der Waals surface area contributed by atoms with E-state index in [0.717, 1.165) is 5.65 Å². The Labute approximate surface area is 97.1 Å². The van der Waals surface area contributed by atoms with Crippen molar-refractivity contribution >= 4 is 11.0 Å². The molecule has 2 heteroatoms. The fourth-order valence-electron chi connectivity index (χ4n) is 1.91. The fraction of sp³-hybridized carbons (Fsp3) is 0.500. The van der Waals surface area contributed by atoms with Gasteiger partial charge in [-0.3, -0.25) is 0 Å². The molecule has 0 spiro atoms. The molecule has 2 aromatic heterocycles. The van der Waals surface area contributed by atoms with Crippen LogP contribution in [0.1, 0.15) is 51.7 Å². The van der Waals surface area contributed by atoms with Crippen LogP contribution in [0.15, 0.2) is 18.5 Å². The Morgan fingerprint density at radius 3 is 2.50 bits per heavy atom. The molecule has 2 aromatic rings. The molecule has 0 amide bonds. The highest BCUT2D eigenvalue weighted by atomic mass is 14.8. The Morgan fingerprint density at radius 1 is 1.25 bits per heavy atom. The molecule has 2 nitrogen and oxygen atoms in total. The van der Waals surface area contributed by atoms with Gasteiger partial charge in [0.1, 0.15) is 5.65 Å². The summed E-state index contributed by atoms with van der Waals surface area (Å²) in [7, 11) is 0. The molecule has 0 bridgehead atoms. The SMILES string of the molecule is CC(C)c1c[nH]c2ncc(C(C)(C)C)cc12. The van der Waals surface area contributed by atoms with Crippen molar-refractivity contribution in [2.75, 3.05) is 0 Å². The van der Waals surface area contributed by atoms with Crippen molar-refractivity contribution < 1.29 is 0 Å². The van der Waals surface area contributed by atoms with Crippen LogP contribution in [-0.4, -0.2) is 9.97 Å². The second kappa shape index (κ2) is 3.62. The van der Waals surface area contributed by atoms with Crippen molar-refractivity contribution in [2.45, 2.75) is 46.0 Å². The molecule has 0 saturated carbocycles. The van der Waals surface area contributed by atoms with Crippen molar-refractivity contribution in [1.29, 1.82) is 0 Å². The number of fused-ring (bicyclic) bond motifs is 1. The first-order valence-electron chi connectivity index (χ1n) is 5.87. The molecule has 16 heavy (non-hydrogen) atoms. The summed E-state index contributed by atoms with van der Waals surface area (Å²) >= 11 is 0. The van der Waals surface area contributed by atoms with Gasteiger partial charge in [0.15, 0.2) is 0 Å². The molecule has 0 saturated heterocycles. The molecule has 0 aromatic carbocycles. The van der Waals surface area contributed by atoms with Gasteiger partial charge in [-0.2, -0.15) is 0 Å². The smallest absolute Gasteiger partial charge is 0.137 e. The molecule has 0 aliphatic carbocycles. The zero-order valence-corrected chi connectivity index (χ0v) is 10.8. The van der Waals surface area contributed by atoms with Crippen LogP contribution in [0.2, 0.25) is 0 Å². The molecule has 1 N–H and O–H groups in total. The maximum atomic E-state index is 4.50. The average Bonchev–Trinajstić information content (AvgIpc) is 2.58. The third-order valence-corrected chi connectivity index (χ3v) is 3.05. The van der Waals surface area contributed by atoms with Gasteiger partial charge in [-0.1, -0.05) is 34.6 Å². The number of hydrogen-bond donors (Lipinski definition) is 1.